The Morgan fingerprint density at radius 3 is 2.92 bits per heavy atom. The quantitative estimate of drug-likeness (QED) is 0.749. The molecule has 2 rings (SSSR count). The number of rotatable bonds is 1. The molecule has 2 heterocycles. The molecule has 4 heteroatoms. The van der Waals surface area contributed by atoms with Gasteiger partial charge in [-0.25, -0.2) is 0 Å². The Kier molecular flexibility index (Phi) is 3.75. The molecule has 13 heavy (non-hydrogen) atoms. The highest BCUT2D eigenvalue weighted by molar-refractivity contribution is 5.85. The van der Waals surface area contributed by atoms with E-state index in [0.29, 0.717) is 6.04 Å². The lowest BCUT2D eigenvalue weighted by atomic mass is 10.0. The lowest BCUT2D eigenvalue weighted by Crippen LogP contribution is -2.26. The van der Waals surface area contributed by atoms with E-state index in [-0.39, 0.29) is 12.4 Å². The van der Waals surface area contributed by atoms with Gasteiger partial charge in [-0.2, -0.15) is 5.10 Å². The third kappa shape index (κ3) is 2.45. The van der Waals surface area contributed by atoms with Crippen molar-refractivity contribution in [1.82, 2.24) is 15.1 Å². The topological polar surface area (TPSA) is 29.9 Å². The predicted octanol–water partition coefficient (Wildman–Crippen LogP) is 1.66. The van der Waals surface area contributed by atoms with Gasteiger partial charge in [-0.3, -0.25) is 4.68 Å². The number of aryl methyl sites for hydroxylation is 1. The monoisotopic (exact) mass is 201 g/mol. The molecule has 0 aromatic carbocycles. The first-order valence-corrected chi connectivity index (χ1v) is 4.58. The molecule has 0 spiro atoms. The predicted molar refractivity (Wildman–Crippen MR) is 55.1 cm³/mol. The van der Waals surface area contributed by atoms with Crippen LogP contribution in [0.15, 0.2) is 12.4 Å². The first-order chi connectivity index (χ1) is 5.86. The maximum Gasteiger partial charge on any atom is 0.0537 e. The van der Waals surface area contributed by atoms with Crippen LogP contribution in [0.5, 0.6) is 0 Å². The van der Waals surface area contributed by atoms with Crippen LogP contribution in [-0.4, -0.2) is 16.3 Å². The largest absolute Gasteiger partial charge is 0.310 e. The van der Waals surface area contributed by atoms with E-state index in [2.05, 4.69) is 16.6 Å². The number of piperidine rings is 1. The summed E-state index contributed by atoms with van der Waals surface area (Å²) in [6.07, 6.45) is 7.97. The summed E-state index contributed by atoms with van der Waals surface area (Å²) in [5, 5.41) is 7.66. The van der Waals surface area contributed by atoms with Crippen LogP contribution in [0.2, 0.25) is 0 Å². The first-order valence-electron chi connectivity index (χ1n) is 4.58. The Balaban J connectivity index is 0.000000845. The Bertz CT molecular complexity index is 253. The zero-order chi connectivity index (χ0) is 8.39. The highest BCUT2D eigenvalue weighted by Gasteiger charge is 2.15. The molecule has 1 saturated heterocycles. The minimum atomic E-state index is 0. The van der Waals surface area contributed by atoms with E-state index in [0.717, 1.165) is 6.54 Å². The summed E-state index contributed by atoms with van der Waals surface area (Å²) in [7, 11) is 1.96. The third-order valence-electron chi connectivity index (χ3n) is 2.44. The summed E-state index contributed by atoms with van der Waals surface area (Å²) in [5.41, 5.74) is 1.33. The molecule has 0 aliphatic carbocycles. The van der Waals surface area contributed by atoms with E-state index < -0.39 is 0 Å². The SMILES string of the molecule is Cl.Cn1cc(C2CCCCN2)cn1. The van der Waals surface area contributed by atoms with Gasteiger partial charge < -0.3 is 5.32 Å². The van der Waals surface area contributed by atoms with Crippen molar-refractivity contribution >= 4 is 12.4 Å². The average Bonchev–Trinajstić information content (AvgIpc) is 2.54. The van der Waals surface area contributed by atoms with Gasteiger partial charge in [0.15, 0.2) is 0 Å². The molecule has 3 nitrogen and oxygen atoms in total. The normalized spacial score (nSPS) is 22.4. The van der Waals surface area contributed by atoms with Gasteiger partial charge in [-0.15, -0.1) is 12.4 Å². The van der Waals surface area contributed by atoms with E-state index in [4.69, 9.17) is 0 Å². The zero-order valence-electron chi connectivity index (χ0n) is 7.86. The fraction of sp³-hybridized carbons (Fsp3) is 0.667. The molecule has 0 saturated carbocycles. The number of nitrogens with zero attached hydrogens (tertiary/aromatic N) is 2. The second-order valence-electron chi connectivity index (χ2n) is 3.45. The van der Waals surface area contributed by atoms with Crippen LogP contribution >= 0.6 is 12.4 Å². The number of nitrogens with one attached hydrogen (secondary N) is 1. The molecule has 1 fully saturated rings. The first kappa shape index (κ1) is 10.5. The molecule has 0 bridgehead atoms. The van der Waals surface area contributed by atoms with Gasteiger partial charge in [0.05, 0.1) is 6.20 Å². The van der Waals surface area contributed by atoms with Crippen molar-refractivity contribution in [2.75, 3.05) is 6.54 Å². The van der Waals surface area contributed by atoms with Crippen LogP contribution in [0.25, 0.3) is 0 Å². The van der Waals surface area contributed by atoms with Crippen LogP contribution < -0.4 is 5.32 Å². The summed E-state index contributed by atoms with van der Waals surface area (Å²) in [5.74, 6) is 0. The second-order valence-corrected chi connectivity index (χ2v) is 3.45. The van der Waals surface area contributed by atoms with Crippen LogP contribution in [0.4, 0.5) is 0 Å². The van der Waals surface area contributed by atoms with Crippen molar-refractivity contribution in [1.29, 1.82) is 0 Å². The lowest BCUT2D eigenvalue weighted by Gasteiger charge is -2.21. The highest BCUT2D eigenvalue weighted by atomic mass is 35.5. The molecular weight excluding hydrogens is 186 g/mol. The summed E-state index contributed by atoms with van der Waals surface area (Å²) < 4.78 is 1.87. The fourth-order valence-corrected chi connectivity index (χ4v) is 1.76. The maximum absolute atomic E-state index is 4.17. The van der Waals surface area contributed by atoms with Gasteiger partial charge >= 0.3 is 0 Å². The zero-order valence-corrected chi connectivity index (χ0v) is 8.68. The van der Waals surface area contributed by atoms with Crippen LogP contribution in [0, 0.1) is 0 Å². The molecule has 1 aliphatic rings. The maximum atomic E-state index is 4.17. The van der Waals surface area contributed by atoms with Crippen molar-refractivity contribution in [3.8, 4) is 0 Å². The van der Waals surface area contributed by atoms with Gasteiger partial charge in [-0.1, -0.05) is 6.42 Å². The van der Waals surface area contributed by atoms with Crippen LogP contribution in [-0.2, 0) is 7.05 Å². The fourth-order valence-electron chi connectivity index (χ4n) is 1.76. The van der Waals surface area contributed by atoms with Crippen LogP contribution in [0.3, 0.4) is 0 Å². The number of aromatic nitrogens is 2. The van der Waals surface area contributed by atoms with E-state index in [9.17, 15) is 0 Å². The Labute approximate surface area is 84.9 Å². The van der Waals surface area contributed by atoms with Gasteiger partial charge in [0, 0.05) is 24.8 Å². The molecular formula is C9H16ClN3. The Morgan fingerprint density at radius 1 is 1.54 bits per heavy atom. The molecule has 0 amide bonds. The van der Waals surface area contributed by atoms with E-state index >= 15 is 0 Å². The van der Waals surface area contributed by atoms with Crippen molar-refractivity contribution in [3.63, 3.8) is 0 Å². The lowest BCUT2D eigenvalue weighted by molar-refractivity contribution is 0.412. The van der Waals surface area contributed by atoms with Crippen molar-refractivity contribution in [3.05, 3.63) is 18.0 Å². The third-order valence-corrected chi connectivity index (χ3v) is 2.44. The molecule has 1 aromatic rings. The molecule has 1 aliphatic heterocycles. The summed E-state index contributed by atoms with van der Waals surface area (Å²) in [6, 6.07) is 0.549. The van der Waals surface area contributed by atoms with Crippen molar-refractivity contribution < 1.29 is 0 Å². The Hall–Kier alpha value is -0.540. The highest BCUT2D eigenvalue weighted by Crippen LogP contribution is 2.21. The van der Waals surface area contributed by atoms with Gasteiger partial charge in [0.25, 0.3) is 0 Å². The van der Waals surface area contributed by atoms with Crippen molar-refractivity contribution in [2.24, 2.45) is 7.05 Å². The molecule has 1 N–H and O–H groups in total. The smallest absolute Gasteiger partial charge is 0.0537 e. The minimum absolute atomic E-state index is 0. The summed E-state index contributed by atoms with van der Waals surface area (Å²) >= 11 is 0. The van der Waals surface area contributed by atoms with Crippen LogP contribution in [0.1, 0.15) is 30.9 Å². The van der Waals surface area contributed by atoms with Gasteiger partial charge in [0.2, 0.25) is 0 Å². The number of hydrogen-bond acceptors (Lipinski definition) is 2. The Morgan fingerprint density at radius 2 is 2.38 bits per heavy atom. The molecule has 0 radical (unpaired) electrons. The van der Waals surface area contributed by atoms with Gasteiger partial charge in [0.1, 0.15) is 0 Å². The number of halogens is 1. The molecule has 1 atom stereocenters. The second kappa shape index (κ2) is 4.63. The van der Waals surface area contributed by atoms with E-state index in [1.165, 1.54) is 24.8 Å². The molecule has 1 aromatic heterocycles. The standard InChI is InChI=1S/C9H15N3.ClH/c1-12-7-8(6-11-12)9-4-2-3-5-10-9;/h6-7,9-10H,2-5H2,1H3;1H. The summed E-state index contributed by atoms with van der Waals surface area (Å²) in [6.45, 7) is 1.15. The molecule has 1 unspecified atom stereocenters. The van der Waals surface area contributed by atoms with E-state index in [1.54, 1.807) is 0 Å². The average molecular weight is 202 g/mol. The van der Waals surface area contributed by atoms with Gasteiger partial charge in [-0.05, 0) is 19.4 Å². The summed E-state index contributed by atoms with van der Waals surface area (Å²) in [4.78, 5) is 0. The van der Waals surface area contributed by atoms with Crippen molar-refractivity contribution in [2.45, 2.75) is 25.3 Å². The molecule has 74 valence electrons. The number of hydrogen-bond donors (Lipinski definition) is 1. The minimum Gasteiger partial charge on any atom is -0.310 e. The van der Waals surface area contributed by atoms with E-state index in [1.807, 2.05) is 17.9 Å².